The first kappa shape index (κ1) is 13.5. The summed E-state index contributed by atoms with van der Waals surface area (Å²) in [7, 11) is 0. The SMILES string of the molecule is Cc1ccc(OCC(=O)NC2COc3ccccc32)cc1. The number of benzene rings is 2. The van der Waals surface area contributed by atoms with E-state index in [1.165, 1.54) is 0 Å². The Morgan fingerprint density at radius 1 is 1.24 bits per heavy atom. The van der Waals surface area contributed by atoms with E-state index in [1.807, 2.05) is 55.5 Å². The number of nitrogens with one attached hydrogen (secondary N) is 1. The predicted molar refractivity (Wildman–Crippen MR) is 79.5 cm³/mol. The molecule has 21 heavy (non-hydrogen) atoms. The summed E-state index contributed by atoms with van der Waals surface area (Å²) < 4.78 is 11.0. The Balaban J connectivity index is 1.54. The summed E-state index contributed by atoms with van der Waals surface area (Å²) in [6.07, 6.45) is 0. The number of rotatable bonds is 4. The molecule has 108 valence electrons. The monoisotopic (exact) mass is 283 g/mol. The number of hydrogen-bond donors (Lipinski definition) is 1. The van der Waals surface area contributed by atoms with Gasteiger partial charge >= 0.3 is 0 Å². The fourth-order valence-corrected chi connectivity index (χ4v) is 2.30. The number of amides is 1. The van der Waals surface area contributed by atoms with Crippen molar-refractivity contribution in [2.24, 2.45) is 0 Å². The number of hydrogen-bond acceptors (Lipinski definition) is 3. The summed E-state index contributed by atoms with van der Waals surface area (Å²) in [5.74, 6) is 1.38. The smallest absolute Gasteiger partial charge is 0.258 e. The third-order valence-electron chi connectivity index (χ3n) is 3.43. The van der Waals surface area contributed by atoms with Gasteiger partial charge in [0.1, 0.15) is 18.1 Å². The van der Waals surface area contributed by atoms with Gasteiger partial charge in [-0.2, -0.15) is 0 Å². The molecule has 2 aromatic carbocycles. The van der Waals surface area contributed by atoms with Crippen LogP contribution in [-0.2, 0) is 4.79 Å². The normalized spacial score (nSPS) is 16.0. The highest BCUT2D eigenvalue weighted by atomic mass is 16.5. The minimum Gasteiger partial charge on any atom is -0.491 e. The lowest BCUT2D eigenvalue weighted by Crippen LogP contribution is -2.33. The Kier molecular flexibility index (Phi) is 3.77. The molecule has 0 fully saturated rings. The van der Waals surface area contributed by atoms with E-state index in [-0.39, 0.29) is 18.6 Å². The van der Waals surface area contributed by atoms with Crippen LogP contribution < -0.4 is 14.8 Å². The Labute approximate surface area is 123 Å². The molecule has 3 rings (SSSR count). The summed E-state index contributed by atoms with van der Waals surface area (Å²) >= 11 is 0. The fraction of sp³-hybridized carbons (Fsp3) is 0.235. The quantitative estimate of drug-likeness (QED) is 0.938. The van der Waals surface area contributed by atoms with Crippen LogP contribution in [0.1, 0.15) is 17.2 Å². The Hall–Kier alpha value is -2.49. The van der Waals surface area contributed by atoms with Crippen molar-refractivity contribution in [2.45, 2.75) is 13.0 Å². The number of ether oxygens (including phenoxy) is 2. The second-order valence-electron chi connectivity index (χ2n) is 5.07. The Morgan fingerprint density at radius 2 is 2.00 bits per heavy atom. The lowest BCUT2D eigenvalue weighted by atomic mass is 10.1. The van der Waals surface area contributed by atoms with Gasteiger partial charge in [-0.25, -0.2) is 0 Å². The van der Waals surface area contributed by atoms with Gasteiger partial charge < -0.3 is 14.8 Å². The van der Waals surface area contributed by atoms with Crippen LogP contribution in [0.25, 0.3) is 0 Å². The first-order chi connectivity index (χ1) is 10.2. The summed E-state index contributed by atoms with van der Waals surface area (Å²) in [6, 6.07) is 15.3. The van der Waals surface area contributed by atoms with Crippen LogP contribution in [0, 0.1) is 6.92 Å². The van der Waals surface area contributed by atoms with Crippen molar-refractivity contribution >= 4 is 5.91 Å². The predicted octanol–water partition coefficient (Wildman–Crippen LogP) is 2.62. The van der Waals surface area contributed by atoms with E-state index < -0.39 is 0 Å². The van der Waals surface area contributed by atoms with Crippen molar-refractivity contribution in [3.05, 3.63) is 59.7 Å². The number of fused-ring (bicyclic) bond motifs is 1. The summed E-state index contributed by atoms with van der Waals surface area (Å²) in [4.78, 5) is 12.0. The Morgan fingerprint density at radius 3 is 2.81 bits per heavy atom. The number of carbonyl (C=O) groups is 1. The zero-order chi connectivity index (χ0) is 14.7. The Bertz CT molecular complexity index is 637. The molecule has 0 radical (unpaired) electrons. The van der Waals surface area contributed by atoms with Gasteiger partial charge in [-0.15, -0.1) is 0 Å². The second kappa shape index (κ2) is 5.87. The molecule has 1 unspecified atom stereocenters. The number of aryl methyl sites for hydroxylation is 1. The van der Waals surface area contributed by atoms with Crippen LogP contribution in [0.5, 0.6) is 11.5 Å². The molecular formula is C17H17NO3. The summed E-state index contributed by atoms with van der Waals surface area (Å²) in [5, 5.41) is 2.93. The first-order valence-corrected chi connectivity index (χ1v) is 6.93. The summed E-state index contributed by atoms with van der Waals surface area (Å²) in [5.41, 5.74) is 2.17. The van der Waals surface area contributed by atoms with E-state index in [0.29, 0.717) is 12.4 Å². The van der Waals surface area contributed by atoms with Crippen LogP contribution in [0.3, 0.4) is 0 Å². The highest BCUT2D eigenvalue weighted by Crippen LogP contribution is 2.31. The zero-order valence-electron chi connectivity index (χ0n) is 11.8. The molecule has 4 nitrogen and oxygen atoms in total. The lowest BCUT2D eigenvalue weighted by molar-refractivity contribution is -0.123. The van der Waals surface area contributed by atoms with E-state index >= 15 is 0 Å². The van der Waals surface area contributed by atoms with Gasteiger partial charge in [0.05, 0.1) is 6.04 Å². The van der Waals surface area contributed by atoms with Crippen LogP contribution in [0.15, 0.2) is 48.5 Å². The highest BCUT2D eigenvalue weighted by Gasteiger charge is 2.24. The van der Waals surface area contributed by atoms with Gasteiger partial charge in [0.25, 0.3) is 5.91 Å². The average Bonchev–Trinajstić information content (AvgIpc) is 2.90. The molecule has 1 atom stereocenters. The van der Waals surface area contributed by atoms with Gasteiger partial charge in [0, 0.05) is 5.56 Å². The minimum absolute atomic E-state index is 0.00171. The van der Waals surface area contributed by atoms with Gasteiger partial charge in [0.2, 0.25) is 0 Å². The molecule has 1 heterocycles. The van der Waals surface area contributed by atoms with Crippen LogP contribution in [0.2, 0.25) is 0 Å². The van der Waals surface area contributed by atoms with Gasteiger partial charge in [-0.1, -0.05) is 35.9 Å². The molecule has 2 aromatic rings. The standard InChI is InChI=1S/C17H17NO3/c1-12-6-8-13(9-7-12)20-11-17(19)18-15-10-21-16-5-3-2-4-14(15)16/h2-9,15H,10-11H2,1H3,(H,18,19). The highest BCUT2D eigenvalue weighted by molar-refractivity contribution is 5.78. The molecule has 1 aliphatic heterocycles. The molecule has 0 aliphatic carbocycles. The third kappa shape index (κ3) is 3.16. The van der Waals surface area contributed by atoms with E-state index in [1.54, 1.807) is 0 Å². The molecule has 1 amide bonds. The number of para-hydroxylation sites is 1. The average molecular weight is 283 g/mol. The molecule has 0 spiro atoms. The van der Waals surface area contributed by atoms with Crippen molar-refractivity contribution in [3.8, 4) is 11.5 Å². The molecule has 1 N–H and O–H groups in total. The molecule has 0 bridgehead atoms. The van der Waals surface area contributed by atoms with E-state index in [0.717, 1.165) is 16.9 Å². The van der Waals surface area contributed by atoms with Crippen LogP contribution >= 0.6 is 0 Å². The molecule has 1 aliphatic rings. The molecular weight excluding hydrogens is 266 g/mol. The maximum absolute atomic E-state index is 12.0. The van der Waals surface area contributed by atoms with Gasteiger partial charge in [-0.3, -0.25) is 4.79 Å². The third-order valence-corrected chi connectivity index (χ3v) is 3.43. The lowest BCUT2D eigenvalue weighted by Gasteiger charge is -2.12. The maximum atomic E-state index is 12.0. The number of carbonyl (C=O) groups excluding carboxylic acids is 1. The fourth-order valence-electron chi connectivity index (χ4n) is 2.30. The van der Waals surface area contributed by atoms with Crippen molar-refractivity contribution in [2.75, 3.05) is 13.2 Å². The molecule has 0 saturated heterocycles. The van der Waals surface area contributed by atoms with Crippen molar-refractivity contribution in [1.82, 2.24) is 5.32 Å². The second-order valence-corrected chi connectivity index (χ2v) is 5.07. The zero-order valence-corrected chi connectivity index (χ0v) is 11.8. The molecule has 4 heteroatoms. The topological polar surface area (TPSA) is 47.6 Å². The molecule has 0 saturated carbocycles. The van der Waals surface area contributed by atoms with Gasteiger partial charge in [0.15, 0.2) is 6.61 Å². The van der Waals surface area contributed by atoms with Crippen molar-refractivity contribution in [3.63, 3.8) is 0 Å². The largest absolute Gasteiger partial charge is 0.491 e. The van der Waals surface area contributed by atoms with Crippen molar-refractivity contribution < 1.29 is 14.3 Å². The van der Waals surface area contributed by atoms with Gasteiger partial charge in [-0.05, 0) is 25.1 Å². The van der Waals surface area contributed by atoms with Crippen LogP contribution in [-0.4, -0.2) is 19.1 Å². The summed E-state index contributed by atoms with van der Waals surface area (Å²) in [6.45, 7) is 2.48. The van der Waals surface area contributed by atoms with E-state index in [9.17, 15) is 4.79 Å². The van der Waals surface area contributed by atoms with Crippen molar-refractivity contribution in [1.29, 1.82) is 0 Å². The molecule has 0 aromatic heterocycles. The van der Waals surface area contributed by atoms with E-state index in [2.05, 4.69) is 5.32 Å². The van der Waals surface area contributed by atoms with Crippen LogP contribution in [0.4, 0.5) is 0 Å². The van der Waals surface area contributed by atoms with E-state index in [4.69, 9.17) is 9.47 Å². The first-order valence-electron chi connectivity index (χ1n) is 6.93. The maximum Gasteiger partial charge on any atom is 0.258 e. The minimum atomic E-state index is -0.152.